The highest BCUT2D eigenvalue weighted by atomic mass is 35.5. The molecule has 0 aromatic rings. The molecule has 1 atom stereocenters. The smallest absolute Gasteiger partial charge is 0.0235 e. The van der Waals surface area contributed by atoms with Gasteiger partial charge < -0.3 is 0 Å². The monoisotopic (exact) mass is 203 g/mol. The molecule has 78 valence electrons. The van der Waals surface area contributed by atoms with Gasteiger partial charge in [-0.25, -0.2) is 0 Å². The van der Waals surface area contributed by atoms with Crippen molar-refractivity contribution in [3.8, 4) is 0 Å². The summed E-state index contributed by atoms with van der Waals surface area (Å²) in [6, 6.07) is 1.62. The minimum atomic E-state index is 0.744. The zero-order valence-corrected chi connectivity index (χ0v) is 9.69. The van der Waals surface area contributed by atoms with Gasteiger partial charge in [0.1, 0.15) is 0 Å². The van der Waals surface area contributed by atoms with E-state index in [4.69, 9.17) is 11.6 Å². The van der Waals surface area contributed by atoms with E-state index in [1.165, 1.54) is 32.2 Å². The molecule has 0 aliphatic heterocycles. The zero-order chi connectivity index (χ0) is 9.68. The van der Waals surface area contributed by atoms with Crippen LogP contribution in [0.5, 0.6) is 0 Å². The van der Waals surface area contributed by atoms with Gasteiger partial charge in [0.05, 0.1) is 0 Å². The minimum absolute atomic E-state index is 0.744. The summed E-state index contributed by atoms with van der Waals surface area (Å²) >= 11 is 5.73. The molecule has 0 saturated heterocycles. The van der Waals surface area contributed by atoms with Crippen molar-refractivity contribution in [3.05, 3.63) is 0 Å². The summed E-state index contributed by atoms with van der Waals surface area (Å²) < 4.78 is 0. The summed E-state index contributed by atoms with van der Waals surface area (Å²) in [7, 11) is 0. The molecule has 1 fully saturated rings. The quantitative estimate of drug-likeness (QED) is 0.599. The molecule has 0 radical (unpaired) electrons. The third-order valence-electron chi connectivity index (χ3n) is 3.25. The summed E-state index contributed by atoms with van der Waals surface area (Å²) in [4.78, 5) is 2.66. The highest BCUT2D eigenvalue weighted by molar-refractivity contribution is 6.17. The van der Waals surface area contributed by atoms with Crippen molar-refractivity contribution >= 4 is 11.6 Å². The van der Waals surface area contributed by atoms with Crippen LogP contribution in [0.2, 0.25) is 0 Å². The van der Waals surface area contributed by atoms with Crippen molar-refractivity contribution < 1.29 is 0 Å². The average Bonchev–Trinajstić information content (AvgIpc) is 2.07. The van der Waals surface area contributed by atoms with E-state index in [-0.39, 0.29) is 0 Å². The lowest BCUT2D eigenvalue weighted by Crippen LogP contribution is -2.45. The molecule has 2 heteroatoms. The minimum Gasteiger partial charge on any atom is -0.298 e. The van der Waals surface area contributed by atoms with E-state index in [9.17, 15) is 0 Å². The lowest BCUT2D eigenvalue weighted by atomic mass is 9.90. The highest BCUT2D eigenvalue weighted by Crippen LogP contribution is 2.27. The molecule has 1 unspecified atom stereocenters. The Labute approximate surface area is 87.4 Å². The molecule has 1 aliphatic rings. The number of alkyl halides is 1. The normalized spacial score (nSPS) is 20.3. The second kappa shape index (κ2) is 5.87. The molecule has 0 aromatic heterocycles. The van der Waals surface area contributed by atoms with E-state index < -0.39 is 0 Å². The van der Waals surface area contributed by atoms with Crippen molar-refractivity contribution in [2.24, 2.45) is 0 Å². The molecule has 1 rings (SSSR count). The van der Waals surface area contributed by atoms with Gasteiger partial charge in [-0.15, -0.1) is 11.6 Å². The third kappa shape index (κ3) is 3.14. The first-order chi connectivity index (χ1) is 6.29. The number of rotatable bonds is 6. The summed E-state index contributed by atoms with van der Waals surface area (Å²) in [6.07, 6.45) is 6.65. The van der Waals surface area contributed by atoms with Crippen LogP contribution in [0, 0.1) is 0 Å². The van der Waals surface area contributed by atoms with Gasteiger partial charge in [0.25, 0.3) is 0 Å². The molecular formula is C11H22ClN. The summed E-state index contributed by atoms with van der Waals surface area (Å²) in [5, 5.41) is 0. The van der Waals surface area contributed by atoms with Crippen LogP contribution in [0.15, 0.2) is 0 Å². The second-order valence-corrected chi connectivity index (χ2v) is 4.50. The van der Waals surface area contributed by atoms with Gasteiger partial charge in [-0.05, 0) is 39.2 Å². The van der Waals surface area contributed by atoms with Crippen LogP contribution in [0.1, 0.15) is 46.0 Å². The fourth-order valence-electron chi connectivity index (χ4n) is 1.96. The molecule has 1 nitrogen and oxygen atoms in total. The van der Waals surface area contributed by atoms with Crippen molar-refractivity contribution in [3.63, 3.8) is 0 Å². The van der Waals surface area contributed by atoms with Crippen molar-refractivity contribution in [2.45, 2.75) is 58.0 Å². The molecule has 0 bridgehead atoms. The van der Waals surface area contributed by atoms with Crippen molar-refractivity contribution in [1.29, 1.82) is 0 Å². The van der Waals surface area contributed by atoms with Crippen LogP contribution in [0.4, 0.5) is 0 Å². The van der Waals surface area contributed by atoms with Gasteiger partial charge in [0, 0.05) is 18.0 Å². The lowest BCUT2D eigenvalue weighted by Gasteiger charge is -2.41. The Morgan fingerprint density at radius 2 is 2.15 bits per heavy atom. The molecule has 1 saturated carbocycles. The van der Waals surface area contributed by atoms with E-state index in [0.29, 0.717) is 0 Å². The Kier molecular flexibility index (Phi) is 5.12. The van der Waals surface area contributed by atoms with Crippen LogP contribution in [0.3, 0.4) is 0 Å². The number of halogens is 1. The summed E-state index contributed by atoms with van der Waals surface area (Å²) in [5.74, 6) is 0.805. The van der Waals surface area contributed by atoms with Crippen molar-refractivity contribution in [1.82, 2.24) is 4.90 Å². The predicted octanol–water partition coefficient (Wildman–Crippen LogP) is 3.27. The fraction of sp³-hybridized carbons (Fsp3) is 1.00. The molecule has 0 aromatic carbocycles. The average molecular weight is 204 g/mol. The Morgan fingerprint density at radius 1 is 1.46 bits per heavy atom. The van der Waals surface area contributed by atoms with Crippen molar-refractivity contribution in [2.75, 3.05) is 12.4 Å². The molecule has 0 heterocycles. The van der Waals surface area contributed by atoms with E-state index >= 15 is 0 Å². The zero-order valence-electron chi connectivity index (χ0n) is 8.93. The van der Waals surface area contributed by atoms with Crippen LogP contribution in [-0.2, 0) is 0 Å². The van der Waals surface area contributed by atoms with Crippen LogP contribution < -0.4 is 0 Å². The first-order valence-electron chi connectivity index (χ1n) is 5.61. The molecule has 1 aliphatic carbocycles. The largest absolute Gasteiger partial charge is 0.298 e. The first kappa shape index (κ1) is 11.3. The fourth-order valence-corrected chi connectivity index (χ4v) is 2.08. The number of hydrogen-bond acceptors (Lipinski definition) is 1. The van der Waals surface area contributed by atoms with Crippen LogP contribution in [0.25, 0.3) is 0 Å². The predicted molar refractivity (Wildman–Crippen MR) is 59.4 cm³/mol. The van der Waals surface area contributed by atoms with Gasteiger partial charge in [-0.2, -0.15) is 0 Å². The highest BCUT2D eigenvalue weighted by Gasteiger charge is 2.26. The maximum atomic E-state index is 5.73. The number of hydrogen-bond donors (Lipinski definition) is 0. The lowest BCUT2D eigenvalue weighted by molar-refractivity contribution is 0.0852. The van der Waals surface area contributed by atoms with Gasteiger partial charge in [0.2, 0.25) is 0 Å². The van der Waals surface area contributed by atoms with Gasteiger partial charge in [-0.3, -0.25) is 4.90 Å². The maximum absolute atomic E-state index is 5.73. The van der Waals surface area contributed by atoms with Gasteiger partial charge in [0.15, 0.2) is 0 Å². The van der Waals surface area contributed by atoms with Crippen LogP contribution in [-0.4, -0.2) is 29.4 Å². The molecular weight excluding hydrogens is 182 g/mol. The molecule has 0 N–H and O–H groups in total. The van der Waals surface area contributed by atoms with Gasteiger partial charge >= 0.3 is 0 Å². The SMILES string of the molecule is CCC(C)N(CCCCl)C1CCC1. The van der Waals surface area contributed by atoms with E-state index in [1.807, 2.05) is 0 Å². The van der Waals surface area contributed by atoms with E-state index in [1.54, 1.807) is 0 Å². The topological polar surface area (TPSA) is 3.24 Å². The van der Waals surface area contributed by atoms with Gasteiger partial charge in [-0.1, -0.05) is 13.3 Å². The van der Waals surface area contributed by atoms with Crippen LogP contribution >= 0.6 is 11.6 Å². The summed E-state index contributed by atoms with van der Waals surface area (Å²) in [6.45, 7) is 5.81. The Morgan fingerprint density at radius 3 is 2.54 bits per heavy atom. The molecule has 13 heavy (non-hydrogen) atoms. The Balaban J connectivity index is 2.33. The standard InChI is InChI=1S/C11H22ClN/c1-3-10(2)13(9-5-8-12)11-6-4-7-11/h10-11H,3-9H2,1-2H3. The molecule has 0 spiro atoms. The third-order valence-corrected chi connectivity index (χ3v) is 3.52. The Bertz CT molecular complexity index is 129. The first-order valence-corrected chi connectivity index (χ1v) is 6.14. The molecule has 0 amide bonds. The maximum Gasteiger partial charge on any atom is 0.0235 e. The number of nitrogens with zero attached hydrogens (tertiary/aromatic N) is 1. The second-order valence-electron chi connectivity index (χ2n) is 4.12. The van der Waals surface area contributed by atoms with E-state index in [2.05, 4.69) is 18.7 Å². The summed E-state index contributed by atoms with van der Waals surface area (Å²) in [5.41, 5.74) is 0. The van der Waals surface area contributed by atoms with E-state index in [0.717, 1.165) is 24.4 Å². The Hall–Kier alpha value is 0.250.